The summed E-state index contributed by atoms with van der Waals surface area (Å²) in [6.07, 6.45) is 7.12. The highest BCUT2D eigenvalue weighted by atomic mass is 15.2. The van der Waals surface area contributed by atoms with Gasteiger partial charge in [0.25, 0.3) is 0 Å². The number of aryl methyl sites for hydroxylation is 1. The molecule has 2 atom stereocenters. The van der Waals surface area contributed by atoms with E-state index in [0.717, 1.165) is 18.5 Å². The highest BCUT2D eigenvalue weighted by Gasteiger charge is 2.35. The van der Waals surface area contributed by atoms with Crippen LogP contribution in [0.25, 0.3) is 0 Å². The Hall–Kier alpha value is -1.02. The van der Waals surface area contributed by atoms with Gasteiger partial charge in [-0.1, -0.05) is 32.4 Å². The number of nitrogens with one attached hydrogen (secondary N) is 1. The quantitative estimate of drug-likeness (QED) is 0.889. The van der Waals surface area contributed by atoms with Crippen LogP contribution in [0.1, 0.15) is 57.1 Å². The van der Waals surface area contributed by atoms with Gasteiger partial charge < -0.3 is 10.2 Å². The molecule has 0 aromatic heterocycles. The molecule has 1 saturated heterocycles. The van der Waals surface area contributed by atoms with E-state index in [1.54, 1.807) is 0 Å². The molecule has 3 rings (SSSR count). The van der Waals surface area contributed by atoms with E-state index in [0.29, 0.717) is 6.04 Å². The molecular formula is C19H30N2. The maximum absolute atomic E-state index is 3.51. The van der Waals surface area contributed by atoms with E-state index in [-0.39, 0.29) is 0 Å². The second-order valence-electron chi connectivity index (χ2n) is 7.25. The molecule has 2 aliphatic rings. The van der Waals surface area contributed by atoms with Crippen molar-refractivity contribution in [1.82, 2.24) is 5.32 Å². The number of anilines is 1. The van der Waals surface area contributed by atoms with Crippen molar-refractivity contribution in [2.75, 3.05) is 11.4 Å². The molecule has 2 nitrogen and oxygen atoms in total. The van der Waals surface area contributed by atoms with Gasteiger partial charge in [0.1, 0.15) is 0 Å². The van der Waals surface area contributed by atoms with E-state index < -0.39 is 0 Å². The Morgan fingerprint density at radius 1 is 1.19 bits per heavy atom. The molecule has 0 radical (unpaired) electrons. The molecular weight excluding hydrogens is 256 g/mol. The summed E-state index contributed by atoms with van der Waals surface area (Å²) in [5.74, 6) is 0.959. The molecule has 2 unspecified atom stereocenters. The van der Waals surface area contributed by atoms with Crippen LogP contribution in [0.4, 0.5) is 5.69 Å². The van der Waals surface area contributed by atoms with Crippen LogP contribution in [0, 0.1) is 12.8 Å². The zero-order valence-corrected chi connectivity index (χ0v) is 13.9. The smallest absolute Gasteiger partial charge is 0.0398 e. The maximum atomic E-state index is 3.51. The minimum absolute atomic E-state index is 0.548. The summed E-state index contributed by atoms with van der Waals surface area (Å²) in [5.41, 5.74) is 4.34. The summed E-state index contributed by atoms with van der Waals surface area (Å²) >= 11 is 0. The van der Waals surface area contributed by atoms with E-state index >= 15 is 0 Å². The summed E-state index contributed by atoms with van der Waals surface area (Å²) < 4.78 is 0. The third-order valence-electron chi connectivity index (χ3n) is 5.28. The second-order valence-corrected chi connectivity index (χ2v) is 7.25. The first-order chi connectivity index (χ1) is 10.1. The lowest BCUT2D eigenvalue weighted by molar-refractivity contribution is 0.362. The Kier molecular flexibility index (Phi) is 4.54. The van der Waals surface area contributed by atoms with E-state index in [1.807, 2.05) is 0 Å². The number of hydrogen-bond acceptors (Lipinski definition) is 2. The first kappa shape index (κ1) is 14.9. The fourth-order valence-electron chi connectivity index (χ4n) is 4.22. The molecule has 0 bridgehead atoms. The van der Waals surface area contributed by atoms with Gasteiger partial charge in [0.15, 0.2) is 0 Å². The van der Waals surface area contributed by atoms with E-state index in [9.17, 15) is 0 Å². The summed E-state index contributed by atoms with van der Waals surface area (Å²) in [7, 11) is 0. The first-order valence-corrected chi connectivity index (χ1v) is 8.74. The number of fused-ring (bicyclic) bond motifs is 1. The van der Waals surface area contributed by atoms with Crippen molar-refractivity contribution in [3.8, 4) is 0 Å². The molecule has 1 heterocycles. The summed E-state index contributed by atoms with van der Waals surface area (Å²) in [6.45, 7) is 8.92. The van der Waals surface area contributed by atoms with Gasteiger partial charge in [-0.15, -0.1) is 0 Å². The number of hydrogen-bond donors (Lipinski definition) is 1. The van der Waals surface area contributed by atoms with Gasteiger partial charge in [-0.3, -0.25) is 0 Å². The zero-order valence-electron chi connectivity index (χ0n) is 13.9. The van der Waals surface area contributed by atoms with Crippen molar-refractivity contribution < 1.29 is 0 Å². The third kappa shape index (κ3) is 3.26. The molecule has 1 N–H and O–H groups in total. The largest absolute Gasteiger partial charge is 0.368 e. The monoisotopic (exact) mass is 286 g/mol. The van der Waals surface area contributed by atoms with Gasteiger partial charge in [-0.05, 0) is 55.7 Å². The highest BCUT2D eigenvalue weighted by Crippen LogP contribution is 2.40. The minimum Gasteiger partial charge on any atom is -0.368 e. The average Bonchev–Trinajstić information content (AvgIpc) is 2.94. The van der Waals surface area contributed by atoms with Crippen LogP contribution in [-0.2, 0) is 6.54 Å². The Morgan fingerprint density at radius 2 is 2.00 bits per heavy atom. The predicted octanol–water partition coefficient (Wildman–Crippen LogP) is 4.26. The van der Waals surface area contributed by atoms with Gasteiger partial charge in [0.2, 0.25) is 0 Å². The predicted molar refractivity (Wildman–Crippen MR) is 90.9 cm³/mol. The Morgan fingerprint density at radius 3 is 2.76 bits per heavy atom. The molecule has 2 heteroatoms. The fourth-order valence-corrected chi connectivity index (χ4v) is 4.22. The normalized spacial score (nSPS) is 25.4. The number of rotatable bonds is 4. The van der Waals surface area contributed by atoms with E-state index in [2.05, 4.69) is 49.2 Å². The van der Waals surface area contributed by atoms with Crippen LogP contribution in [0.3, 0.4) is 0 Å². The topological polar surface area (TPSA) is 15.3 Å². The lowest BCUT2D eigenvalue weighted by atomic mass is 9.91. The SMILES string of the molecule is Cc1cc(CNC(C)C)ccc1N1CCCC2CCCC21. The maximum Gasteiger partial charge on any atom is 0.0398 e. The van der Waals surface area contributed by atoms with E-state index in [4.69, 9.17) is 0 Å². The summed E-state index contributed by atoms with van der Waals surface area (Å²) in [6, 6.07) is 8.43. The molecule has 0 amide bonds. The molecule has 1 aromatic carbocycles. The molecule has 1 aliphatic heterocycles. The van der Waals surface area contributed by atoms with Crippen molar-refractivity contribution in [3.63, 3.8) is 0 Å². The van der Waals surface area contributed by atoms with Crippen LogP contribution < -0.4 is 10.2 Å². The van der Waals surface area contributed by atoms with Crippen molar-refractivity contribution in [2.24, 2.45) is 5.92 Å². The molecule has 1 aromatic rings. The van der Waals surface area contributed by atoms with E-state index in [1.165, 1.54) is 55.5 Å². The average molecular weight is 286 g/mol. The first-order valence-electron chi connectivity index (χ1n) is 8.74. The second kappa shape index (κ2) is 6.39. The lowest BCUT2D eigenvalue weighted by Crippen LogP contribution is -2.43. The van der Waals surface area contributed by atoms with Crippen LogP contribution in [0.15, 0.2) is 18.2 Å². The van der Waals surface area contributed by atoms with Gasteiger partial charge in [0, 0.05) is 30.9 Å². The summed E-state index contributed by atoms with van der Waals surface area (Å²) in [4.78, 5) is 2.72. The zero-order chi connectivity index (χ0) is 14.8. The van der Waals surface area contributed by atoms with Crippen molar-refractivity contribution in [2.45, 2.75) is 71.5 Å². The van der Waals surface area contributed by atoms with Crippen molar-refractivity contribution >= 4 is 5.69 Å². The van der Waals surface area contributed by atoms with Gasteiger partial charge in [-0.2, -0.15) is 0 Å². The fraction of sp³-hybridized carbons (Fsp3) is 0.684. The molecule has 1 aliphatic carbocycles. The molecule has 1 saturated carbocycles. The Labute approximate surface area is 129 Å². The lowest BCUT2D eigenvalue weighted by Gasteiger charge is -2.40. The van der Waals surface area contributed by atoms with Crippen LogP contribution in [-0.4, -0.2) is 18.6 Å². The number of nitrogens with zero attached hydrogens (tertiary/aromatic N) is 1. The van der Waals surface area contributed by atoms with Gasteiger partial charge >= 0.3 is 0 Å². The van der Waals surface area contributed by atoms with Crippen molar-refractivity contribution in [1.29, 1.82) is 0 Å². The molecule has 2 fully saturated rings. The Bertz CT molecular complexity index is 480. The number of benzene rings is 1. The van der Waals surface area contributed by atoms with Gasteiger partial charge in [0.05, 0.1) is 0 Å². The minimum atomic E-state index is 0.548. The standard InChI is InChI=1S/C19H30N2/c1-14(2)20-13-16-9-10-18(15(3)12-16)21-11-5-7-17-6-4-8-19(17)21/h9-10,12,14,17,19-20H,4-8,11,13H2,1-3H3. The van der Waals surface area contributed by atoms with Crippen LogP contribution >= 0.6 is 0 Å². The van der Waals surface area contributed by atoms with Crippen LogP contribution in [0.5, 0.6) is 0 Å². The number of piperidine rings is 1. The third-order valence-corrected chi connectivity index (χ3v) is 5.28. The van der Waals surface area contributed by atoms with Crippen molar-refractivity contribution in [3.05, 3.63) is 29.3 Å². The summed E-state index contributed by atoms with van der Waals surface area (Å²) in [5, 5.41) is 3.51. The molecule has 0 spiro atoms. The Balaban J connectivity index is 1.75. The molecule has 116 valence electrons. The molecule has 21 heavy (non-hydrogen) atoms. The van der Waals surface area contributed by atoms with Gasteiger partial charge in [-0.25, -0.2) is 0 Å². The van der Waals surface area contributed by atoms with Crippen LogP contribution in [0.2, 0.25) is 0 Å². The highest BCUT2D eigenvalue weighted by molar-refractivity contribution is 5.56.